The van der Waals surface area contributed by atoms with Crippen molar-refractivity contribution in [3.63, 3.8) is 0 Å². The van der Waals surface area contributed by atoms with Gasteiger partial charge in [0.15, 0.2) is 5.75 Å². The molecule has 2 rings (SSSR count). The molecule has 2 aromatic rings. The maximum absolute atomic E-state index is 12.9. The number of rotatable bonds is 5. The van der Waals surface area contributed by atoms with Crippen molar-refractivity contribution in [2.24, 2.45) is 0 Å². The lowest BCUT2D eigenvalue weighted by molar-refractivity contribution is -0.124. The number of nitriles is 1. The van der Waals surface area contributed by atoms with Crippen molar-refractivity contribution in [2.45, 2.75) is 6.61 Å². The van der Waals surface area contributed by atoms with E-state index in [4.69, 9.17) is 21.6 Å². The first-order valence-electron chi connectivity index (χ1n) is 7.51. The molecule has 0 aliphatic carbocycles. The Balaban J connectivity index is 2.23. The van der Waals surface area contributed by atoms with Crippen molar-refractivity contribution in [3.05, 3.63) is 68.4 Å². The first-order chi connectivity index (χ1) is 12.3. The van der Waals surface area contributed by atoms with Crippen LogP contribution in [0.15, 0.2) is 46.4 Å². The molecule has 0 N–H and O–H groups in total. The summed E-state index contributed by atoms with van der Waals surface area (Å²) in [6.07, 6.45) is 1.46. The molecule has 2 aromatic carbocycles. The normalized spacial score (nSPS) is 11.0. The van der Waals surface area contributed by atoms with Gasteiger partial charge in [-0.3, -0.25) is 4.79 Å². The Labute approximate surface area is 164 Å². The van der Waals surface area contributed by atoms with Gasteiger partial charge in [0.1, 0.15) is 24.1 Å². The van der Waals surface area contributed by atoms with E-state index in [0.717, 1.165) is 5.56 Å². The van der Waals surface area contributed by atoms with Crippen LogP contribution in [0.2, 0.25) is 5.02 Å². The number of amides is 1. The number of likely N-dealkylation sites (N-methyl/N-ethyl adjacent to an activating group) is 1. The fraction of sp³-hybridized carbons (Fsp3) is 0.158. The van der Waals surface area contributed by atoms with Crippen molar-refractivity contribution >= 4 is 39.5 Å². The SMILES string of the molecule is CN(C)C(=O)/C(C#N)=C\c1cc(Cl)c(OCc2ccc(F)cc2)c(Br)c1. The summed E-state index contributed by atoms with van der Waals surface area (Å²) in [5, 5.41) is 9.49. The maximum Gasteiger partial charge on any atom is 0.264 e. The summed E-state index contributed by atoms with van der Waals surface area (Å²) in [7, 11) is 3.14. The number of hydrogen-bond acceptors (Lipinski definition) is 3. The minimum atomic E-state index is -0.392. The maximum atomic E-state index is 12.9. The van der Waals surface area contributed by atoms with E-state index in [9.17, 15) is 9.18 Å². The summed E-state index contributed by atoms with van der Waals surface area (Å²) < 4.78 is 19.2. The Morgan fingerprint density at radius 2 is 2.00 bits per heavy atom. The van der Waals surface area contributed by atoms with Gasteiger partial charge in [-0.15, -0.1) is 0 Å². The third-order valence-corrected chi connectivity index (χ3v) is 4.25. The molecule has 0 spiro atoms. The summed E-state index contributed by atoms with van der Waals surface area (Å²) in [6, 6.07) is 11.2. The smallest absolute Gasteiger partial charge is 0.264 e. The zero-order valence-corrected chi connectivity index (χ0v) is 16.4. The van der Waals surface area contributed by atoms with Gasteiger partial charge >= 0.3 is 0 Å². The molecular weight excluding hydrogens is 423 g/mol. The minimum Gasteiger partial charge on any atom is -0.486 e. The molecule has 0 atom stereocenters. The van der Waals surface area contributed by atoms with E-state index in [2.05, 4.69) is 15.9 Å². The van der Waals surface area contributed by atoms with E-state index in [0.29, 0.717) is 20.8 Å². The summed E-state index contributed by atoms with van der Waals surface area (Å²) in [6.45, 7) is 0.219. The fourth-order valence-corrected chi connectivity index (χ4v) is 3.08. The Morgan fingerprint density at radius 1 is 1.35 bits per heavy atom. The largest absolute Gasteiger partial charge is 0.486 e. The summed E-state index contributed by atoms with van der Waals surface area (Å²) in [4.78, 5) is 13.3. The van der Waals surface area contributed by atoms with Crippen molar-refractivity contribution < 1.29 is 13.9 Å². The van der Waals surface area contributed by atoms with Gasteiger partial charge in [-0.2, -0.15) is 5.26 Å². The van der Waals surface area contributed by atoms with Gasteiger partial charge in [0.2, 0.25) is 0 Å². The van der Waals surface area contributed by atoms with Crippen molar-refractivity contribution in [1.82, 2.24) is 4.90 Å². The van der Waals surface area contributed by atoms with Crippen LogP contribution in [0.1, 0.15) is 11.1 Å². The topological polar surface area (TPSA) is 53.3 Å². The lowest BCUT2D eigenvalue weighted by atomic mass is 10.1. The highest BCUT2D eigenvalue weighted by atomic mass is 79.9. The van der Waals surface area contributed by atoms with Gasteiger partial charge in [-0.1, -0.05) is 23.7 Å². The van der Waals surface area contributed by atoms with Gasteiger partial charge in [-0.25, -0.2) is 4.39 Å². The predicted molar refractivity (Wildman–Crippen MR) is 102 cm³/mol. The molecule has 0 bridgehead atoms. The highest BCUT2D eigenvalue weighted by Gasteiger charge is 2.13. The molecule has 0 saturated heterocycles. The van der Waals surface area contributed by atoms with E-state index < -0.39 is 5.91 Å². The number of carbonyl (C=O) groups excluding carboxylic acids is 1. The predicted octanol–water partition coefficient (Wildman–Crippen LogP) is 4.82. The van der Waals surface area contributed by atoms with Crippen LogP contribution in [0.25, 0.3) is 6.08 Å². The second-order valence-electron chi connectivity index (χ2n) is 5.60. The zero-order valence-electron chi connectivity index (χ0n) is 14.1. The number of halogens is 3. The summed E-state index contributed by atoms with van der Waals surface area (Å²) in [5.74, 6) is -0.286. The number of hydrogen-bond donors (Lipinski definition) is 0. The average Bonchev–Trinajstić information content (AvgIpc) is 2.59. The molecular formula is C19H15BrClFN2O2. The number of carbonyl (C=O) groups is 1. The van der Waals surface area contributed by atoms with Gasteiger partial charge in [0.25, 0.3) is 5.91 Å². The molecule has 7 heteroatoms. The zero-order chi connectivity index (χ0) is 19.3. The summed E-state index contributed by atoms with van der Waals surface area (Å²) >= 11 is 9.66. The molecule has 0 aliphatic rings. The fourth-order valence-electron chi connectivity index (χ4n) is 2.09. The van der Waals surface area contributed by atoms with E-state index >= 15 is 0 Å². The first-order valence-corrected chi connectivity index (χ1v) is 8.68. The molecule has 26 heavy (non-hydrogen) atoms. The molecule has 134 valence electrons. The van der Waals surface area contributed by atoms with E-state index in [1.54, 1.807) is 38.4 Å². The number of benzene rings is 2. The molecule has 1 amide bonds. The Morgan fingerprint density at radius 3 is 2.54 bits per heavy atom. The molecule has 0 radical (unpaired) electrons. The van der Waals surface area contributed by atoms with Crippen LogP contribution >= 0.6 is 27.5 Å². The standard InChI is InChI=1S/C19H15BrClFN2O2/c1-24(2)19(25)14(10-23)7-13-8-16(20)18(17(21)9-13)26-11-12-3-5-15(22)6-4-12/h3-9H,11H2,1-2H3/b14-7-. The van der Waals surface area contributed by atoms with Crippen LogP contribution in [0.3, 0.4) is 0 Å². The second-order valence-corrected chi connectivity index (χ2v) is 6.86. The molecule has 0 saturated carbocycles. The van der Waals surface area contributed by atoms with Crippen LogP contribution in [-0.2, 0) is 11.4 Å². The first kappa shape index (κ1) is 20.0. The lowest BCUT2D eigenvalue weighted by Gasteiger charge is -2.12. The van der Waals surface area contributed by atoms with Gasteiger partial charge in [0.05, 0.1) is 9.50 Å². The van der Waals surface area contributed by atoms with E-state index in [1.807, 2.05) is 6.07 Å². The van der Waals surface area contributed by atoms with Crippen molar-refractivity contribution in [1.29, 1.82) is 5.26 Å². The van der Waals surface area contributed by atoms with Crippen LogP contribution in [0.4, 0.5) is 4.39 Å². The Bertz CT molecular complexity index is 866. The van der Waals surface area contributed by atoms with E-state index in [-0.39, 0.29) is 18.0 Å². The van der Waals surface area contributed by atoms with Crippen LogP contribution in [0.5, 0.6) is 5.75 Å². The molecule has 0 aliphatic heterocycles. The molecule has 0 fully saturated rings. The quantitative estimate of drug-likeness (QED) is 0.498. The number of ether oxygens (including phenoxy) is 1. The molecule has 0 unspecified atom stereocenters. The highest BCUT2D eigenvalue weighted by Crippen LogP contribution is 2.35. The van der Waals surface area contributed by atoms with Crippen molar-refractivity contribution in [2.75, 3.05) is 14.1 Å². The van der Waals surface area contributed by atoms with Gasteiger partial charge < -0.3 is 9.64 Å². The summed E-state index contributed by atoms with van der Waals surface area (Å²) in [5.41, 5.74) is 1.38. The average molecular weight is 438 g/mol. The van der Waals surface area contributed by atoms with Gasteiger partial charge in [-0.05, 0) is 57.4 Å². The molecule has 4 nitrogen and oxygen atoms in total. The molecule has 0 aromatic heterocycles. The van der Waals surface area contributed by atoms with Crippen LogP contribution in [-0.4, -0.2) is 24.9 Å². The van der Waals surface area contributed by atoms with Crippen LogP contribution < -0.4 is 4.74 Å². The molecule has 0 heterocycles. The second kappa shape index (κ2) is 8.84. The third-order valence-electron chi connectivity index (χ3n) is 3.39. The Kier molecular flexibility index (Phi) is 6.78. The van der Waals surface area contributed by atoms with Crippen molar-refractivity contribution in [3.8, 4) is 11.8 Å². The minimum absolute atomic E-state index is 0.00190. The van der Waals surface area contributed by atoms with Gasteiger partial charge in [0, 0.05) is 14.1 Å². The monoisotopic (exact) mass is 436 g/mol. The Hall–Kier alpha value is -2.36. The third kappa shape index (κ3) is 5.07. The van der Waals surface area contributed by atoms with E-state index in [1.165, 1.54) is 23.1 Å². The lowest BCUT2D eigenvalue weighted by Crippen LogP contribution is -2.22. The number of nitrogens with zero attached hydrogens (tertiary/aromatic N) is 2. The highest BCUT2D eigenvalue weighted by molar-refractivity contribution is 9.10. The van der Waals surface area contributed by atoms with Crippen LogP contribution in [0, 0.1) is 17.1 Å².